The first-order valence-corrected chi connectivity index (χ1v) is 11.0. The van der Waals surface area contributed by atoms with Crippen molar-refractivity contribution in [2.75, 3.05) is 18.5 Å². The first kappa shape index (κ1) is 23.0. The van der Waals surface area contributed by atoms with Crippen LogP contribution >= 0.6 is 11.3 Å². The average molecular weight is 449 g/mol. The van der Waals surface area contributed by atoms with Crippen molar-refractivity contribution in [3.05, 3.63) is 69.7 Å². The van der Waals surface area contributed by atoms with Crippen molar-refractivity contribution in [1.29, 1.82) is 5.26 Å². The van der Waals surface area contributed by atoms with Crippen molar-refractivity contribution < 1.29 is 14.3 Å². The number of para-hydroxylation sites is 1. The molecular formula is C24H24N4O3S. The Kier molecular flexibility index (Phi) is 7.95. The van der Waals surface area contributed by atoms with Gasteiger partial charge in [-0.3, -0.25) is 10.1 Å². The van der Waals surface area contributed by atoms with Crippen molar-refractivity contribution >= 4 is 28.5 Å². The summed E-state index contributed by atoms with van der Waals surface area (Å²) in [5.74, 6) is 0.802. The van der Waals surface area contributed by atoms with Gasteiger partial charge in [-0.05, 0) is 55.7 Å². The van der Waals surface area contributed by atoms with Crippen LogP contribution in [0.25, 0.3) is 6.08 Å². The molecule has 32 heavy (non-hydrogen) atoms. The minimum Gasteiger partial charge on any atom is -0.490 e. The lowest BCUT2D eigenvalue weighted by atomic mass is 10.1. The van der Waals surface area contributed by atoms with Crippen molar-refractivity contribution in [1.82, 2.24) is 10.2 Å². The molecule has 164 valence electrons. The highest BCUT2D eigenvalue weighted by Crippen LogP contribution is 2.23. The molecule has 3 aromatic rings. The van der Waals surface area contributed by atoms with Crippen LogP contribution in [0.1, 0.15) is 28.6 Å². The predicted molar refractivity (Wildman–Crippen MR) is 125 cm³/mol. The molecule has 1 N–H and O–H groups in total. The third-order valence-corrected chi connectivity index (χ3v) is 5.64. The summed E-state index contributed by atoms with van der Waals surface area (Å²) in [6, 6.07) is 15.1. The Balaban J connectivity index is 1.63. The van der Waals surface area contributed by atoms with Crippen LogP contribution in [0.2, 0.25) is 0 Å². The van der Waals surface area contributed by atoms with Crippen LogP contribution in [0.4, 0.5) is 5.13 Å². The van der Waals surface area contributed by atoms with E-state index in [1.165, 1.54) is 28.5 Å². The minimum absolute atomic E-state index is 0.0549. The fourth-order valence-electron chi connectivity index (χ4n) is 2.76. The van der Waals surface area contributed by atoms with Gasteiger partial charge in [-0.2, -0.15) is 5.26 Å². The first-order valence-electron chi connectivity index (χ1n) is 10.2. The molecule has 0 bridgehead atoms. The van der Waals surface area contributed by atoms with Gasteiger partial charge in [0.15, 0.2) is 0 Å². The van der Waals surface area contributed by atoms with Gasteiger partial charge in [0, 0.05) is 5.56 Å². The predicted octanol–water partition coefficient (Wildman–Crippen LogP) is 4.72. The number of carbonyl (C=O) groups excluding carboxylic acids is 1. The van der Waals surface area contributed by atoms with Gasteiger partial charge in [-0.25, -0.2) is 0 Å². The molecule has 0 fully saturated rings. The van der Waals surface area contributed by atoms with Crippen LogP contribution < -0.4 is 14.8 Å². The molecule has 1 heterocycles. The van der Waals surface area contributed by atoms with E-state index >= 15 is 0 Å². The van der Waals surface area contributed by atoms with E-state index < -0.39 is 5.91 Å². The lowest BCUT2D eigenvalue weighted by Crippen LogP contribution is -2.13. The number of aromatic nitrogens is 2. The number of benzene rings is 2. The SMILES string of the molecule is CCc1nnc(NC(=O)/C(C#N)=C\c2ccccc2OCCOc2ccc(C)c(C)c2)s1. The fraction of sp³-hybridized carbons (Fsp3) is 0.250. The zero-order valence-corrected chi connectivity index (χ0v) is 19.0. The first-order chi connectivity index (χ1) is 15.5. The number of carbonyl (C=O) groups is 1. The number of ether oxygens (including phenoxy) is 2. The number of aryl methyl sites for hydroxylation is 3. The van der Waals surface area contributed by atoms with Crippen molar-refractivity contribution in [3.8, 4) is 17.6 Å². The van der Waals surface area contributed by atoms with Gasteiger partial charge in [0.25, 0.3) is 5.91 Å². The third kappa shape index (κ3) is 6.15. The summed E-state index contributed by atoms with van der Waals surface area (Å²) >= 11 is 1.28. The molecule has 8 heteroatoms. The average Bonchev–Trinajstić information content (AvgIpc) is 3.25. The smallest absolute Gasteiger partial charge is 0.268 e. The highest BCUT2D eigenvalue weighted by Gasteiger charge is 2.13. The number of nitriles is 1. The van der Waals surface area contributed by atoms with E-state index in [4.69, 9.17) is 9.47 Å². The van der Waals surface area contributed by atoms with E-state index in [9.17, 15) is 10.1 Å². The second-order valence-electron chi connectivity index (χ2n) is 6.96. The van der Waals surface area contributed by atoms with Crippen LogP contribution in [0.3, 0.4) is 0 Å². The molecular weight excluding hydrogens is 424 g/mol. The molecule has 0 radical (unpaired) electrons. The summed E-state index contributed by atoms with van der Waals surface area (Å²) in [6.07, 6.45) is 2.23. The Labute approximate surface area is 191 Å². The molecule has 3 rings (SSSR count). The summed E-state index contributed by atoms with van der Waals surface area (Å²) in [5.41, 5.74) is 2.95. The molecule has 0 aliphatic carbocycles. The highest BCUT2D eigenvalue weighted by atomic mass is 32.1. The number of nitrogens with zero attached hydrogens (tertiary/aromatic N) is 3. The molecule has 2 aromatic carbocycles. The zero-order valence-electron chi connectivity index (χ0n) is 18.2. The summed E-state index contributed by atoms with van der Waals surface area (Å²) in [5, 5.41) is 21.2. The monoisotopic (exact) mass is 448 g/mol. The lowest BCUT2D eigenvalue weighted by Gasteiger charge is -2.11. The van der Waals surface area contributed by atoms with Crippen molar-refractivity contribution in [2.24, 2.45) is 0 Å². The fourth-order valence-corrected chi connectivity index (χ4v) is 3.44. The molecule has 0 saturated heterocycles. The van der Waals surface area contributed by atoms with Crippen LogP contribution in [0, 0.1) is 25.2 Å². The molecule has 0 atom stereocenters. The summed E-state index contributed by atoms with van der Waals surface area (Å²) in [6.45, 7) is 6.73. The topological polar surface area (TPSA) is 97.1 Å². The van der Waals surface area contributed by atoms with E-state index in [2.05, 4.69) is 22.4 Å². The third-order valence-electron chi connectivity index (χ3n) is 4.66. The van der Waals surface area contributed by atoms with E-state index in [0.29, 0.717) is 29.7 Å². The van der Waals surface area contributed by atoms with Crippen LogP contribution in [0.15, 0.2) is 48.0 Å². The molecule has 1 aromatic heterocycles. The van der Waals surface area contributed by atoms with Gasteiger partial charge >= 0.3 is 0 Å². The van der Waals surface area contributed by atoms with Gasteiger partial charge in [0.2, 0.25) is 5.13 Å². The normalized spacial score (nSPS) is 11.0. The van der Waals surface area contributed by atoms with Gasteiger partial charge in [-0.15, -0.1) is 10.2 Å². The highest BCUT2D eigenvalue weighted by molar-refractivity contribution is 7.15. The van der Waals surface area contributed by atoms with Crippen molar-refractivity contribution in [2.45, 2.75) is 27.2 Å². The number of hydrogen-bond donors (Lipinski definition) is 1. The number of amides is 1. The quantitative estimate of drug-likeness (QED) is 0.289. The lowest BCUT2D eigenvalue weighted by molar-refractivity contribution is -0.112. The van der Waals surface area contributed by atoms with Crippen LogP contribution in [-0.4, -0.2) is 29.3 Å². The Hall–Kier alpha value is -3.70. The molecule has 1 amide bonds. The van der Waals surface area contributed by atoms with Gasteiger partial charge in [0.05, 0.1) is 0 Å². The van der Waals surface area contributed by atoms with Crippen LogP contribution in [-0.2, 0) is 11.2 Å². The number of hydrogen-bond acceptors (Lipinski definition) is 7. The number of rotatable bonds is 9. The van der Waals surface area contributed by atoms with Gasteiger partial charge in [-0.1, -0.05) is 42.5 Å². The number of nitrogens with one attached hydrogen (secondary N) is 1. The maximum absolute atomic E-state index is 12.5. The molecule has 0 spiro atoms. The maximum atomic E-state index is 12.5. The molecule has 0 aliphatic heterocycles. The van der Waals surface area contributed by atoms with Gasteiger partial charge in [0.1, 0.15) is 41.4 Å². The summed E-state index contributed by atoms with van der Waals surface area (Å²) < 4.78 is 11.6. The second-order valence-corrected chi connectivity index (χ2v) is 8.02. The molecule has 0 saturated carbocycles. The molecule has 0 aliphatic rings. The molecule has 7 nitrogen and oxygen atoms in total. The van der Waals surface area contributed by atoms with Crippen molar-refractivity contribution in [3.63, 3.8) is 0 Å². The minimum atomic E-state index is -0.542. The standard InChI is InChI=1S/C24H24N4O3S/c1-4-22-27-28-24(32-22)26-23(29)19(15-25)14-18-7-5-6-8-21(18)31-12-11-30-20-10-9-16(2)17(3)13-20/h5-10,13-14H,4,11-12H2,1-3H3,(H,26,28,29)/b19-14-. The zero-order chi connectivity index (χ0) is 22.9. The van der Waals surface area contributed by atoms with E-state index in [-0.39, 0.29) is 5.57 Å². The second kappa shape index (κ2) is 11.1. The maximum Gasteiger partial charge on any atom is 0.268 e. The number of anilines is 1. The van der Waals surface area contributed by atoms with Gasteiger partial charge < -0.3 is 9.47 Å². The Morgan fingerprint density at radius 1 is 1.12 bits per heavy atom. The van der Waals surface area contributed by atoms with E-state index in [1.807, 2.05) is 50.2 Å². The Bertz CT molecular complexity index is 1160. The van der Waals surface area contributed by atoms with E-state index in [1.54, 1.807) is 12.1 Å². The Morgan fingerprint density at radius 3 is 2.62 bits per heavy atom. The van der Waals surface area contributed by atoms with Crippen LogP contribution in [0.5, 0.6) is 11.5 Å². The summed E-state index contributed by atoms with van der Waals surface area (Å²) in [7, 11) is 0. The Morgan fingerprint density at radius 2 is 1.91 bits per heavy atom. The van der Waals surface area contributed by atoms with E-state index in [0.717, 1.165) is 17.2 Å². The molecule has 0 unspecified atom stereocenters. The largest absolute Gasteiger partial charge is 0.490 e. The summed E-state index contributed by atoms with van der Waals surface area (Å²) in [4.78, 5) is 12.5.